The van der Waals surface area contributed by atoms with Crippen LogP contribution in [-0.4, -0.2) is 9.55 Å². The lowest BCUT2D eigenvalue weighted by Gasteiger charge is -2.16. The lowest BCUT2D eigenvalue weighted by Crippen LogP contribution is -2.10. The Kier molecular flexibility index (Phi) is 4.01. The van der Waals surface area contributed by atoms with Crippen LogP contribution in [0.1, 0.15) is 42.6 Å². The van der Waals surface area contributed by atoms with Crippen molar-refractivity contribution in [1.82, 2.24) is 9.55 Å². The number of hydrogen-bond donors (Lipinski definition) is 0. The van der Waals surface area contributed by atoms with Gasteiger partial charge in [0.15, 0.2) is 0 Å². The zero-order valence-corrected chi connectivity index (χ0v) is 15.0. The molecule has 0 aliphatic heterocycles. The van der Waals surface area contributed by atoms with E-state index in [0.717, 1.165) is 28.4 Å². The molecular weight excluding hydrogens is 399 g/mol. The summed E-state index contributed by atoms with van der Waals surface area (Å²) in [6.07, 6.45) is 0. The number of hydrogen-bond acceptors (Lipinski definition) is 2. The Morgan fingerprint density at radius 1 is 1.24 bits per heavy atom. The minimum absolute atomic E-state index is 0.0555. The molecule has 2 aromatic heterocycles. The molecule has 3 aromatic rings. The maximum absolute atomic E-state index is 6.34. The molecule has 3 rings (SSSR count). The van der Waals surface area contributed by atoms with Crippen molar-refractivity contribution < 1.29 is 4.42 Å². The molecule has 0 amide bonds. The van der Waals surface area contributed by atoms with Crippen molar-refractivity contribution in [1.29, 1.82) is 0 Å². The highest BCUT2D eigenvalue weighted by molar-refractivity contribution is 14.1. The summed E-state index contributed by atoms with van der Waals surface area (Å²) in [5.41, 5.74) is 2.05. The summed E-state index contributed by atoms with van der Waals surface area (Å²) in [4.78, 5) is 4.71. The number of nitrogens with zero attached hydrogens (tertiary/aromatic N) is 2. The Labute approximate surface area is 142 Å². The first kappa shape index (κ1) is 14.9. The fourth-order valence-corrected chi connectivity index (χ4v) is 3.21. The van der Waals surface area contributed by atoms with Crippen LogP contribution >= 0.6 is 34.2 Å². The summed E-state index contributed by atoms with van der Waals surface area (Å²) in [5, 5.41) is -0.159. The monoisotopic (exact) mass is 414 g/mol. The lowest BCUT2D eigenvalue weighted by atomic mass is 10.2. The van der Waals surface area contributed by atoms with Crippen molar-refractivity contribution in [2.45, 2.75) is 32.2 Å². The van der Waals surface area contributed by atoms with Crippen LogP contribution in [0.2, 0.25) is 0 Å². The number of imidazole rings is 1. The molecule has 0 aliphatic carbocycles. The van der Waals surface area contributed by atoms with Gasteiger partial charge in [0.2, 0.25) is 0 Å². The average Bonchev–Trinajstić information content (AvgIpc) is 3.01. The topological polar surface area (TPSA) is 31.0 Å². The number of halogens is 2. The molecular formula is C16H16ClIN2O. The summed E-state index contributed by atoms with van der Waals surface area (Å²) in [6, 6.07) is 10.3. The highest BCUT2D eigenvalue weighted by Crippen LogP contribution is 2.32. The zero-order chi connectivity index (χ0) is 15.1. The molecule has 0 saturated carbocycles. The van der Waals surface area contributed by atoms with Gasteiger partial charge in [-0.15, -0.1) is 11.6 Å². The maximum atomic E-state index is 6.34. The largest absolute Gasteiger partial charge is 0.464 e. The molecule has 1 aromatic carbocycles. The van der Waals surface area contributed by atoms with E-state index in [-0.39, 0.29) is 11.4 Å². The predicted molar refractivity (Wildman–Crippen MR) is 94.0 cm³/mol. The van der Waals surface area contributed by atoms with E-state index in [2.05, 4.69) is 52.3 Å². The fraction of sp³-hybridized carbons (Fsp3) is 0.312. The number of fused-ring (bicyclic) bond motifs is 1. The Balaban J connectivity index is 2.21. The second-order valence-corrected chi connectivity index (χ2v) is 7.11. The standard InChI is InChI=1S/C16H16ClIN2O/c1-9-4-7-15(21-9)11(3)20-14-6-5-12(18)8-13(14)19-16(20)10(2)17/h4-8,10-11H,1-3H3. The molecule has 110 valence electrons. The van der Waals surface area contributed by atoms with Gasteiger partial charge in [-0.1, -0.05) is 0 Å². The number of benzene rings is 1. The second kappa shape index (κ2) is 5.65. The van der Waals surface area contributed by atoms with Crippen molar-refractivity contribution in [3.8, 4) is 0 Å². The van der Waals surface area contributed by atoms with E-state index in [1.54, 1.807) is 0 Å². The van der Waals surface area contributed by atoms with Crippen molar-refractivity contribution >= 4 is 45.2 Å². The maximum Gasteiger partial charge on any atom is 0.128 e. The predicted octanol–water partition coefficient (Wildman–Crippen LogP) is 5.45. The van der Waals surface area contributed by atoms with Crippen LogP contribution in [0.25, 0.3) is 11.0 Å². The molecule has 2 unspecified atom stereocenters. The average molecular weight is 415 g/mol. The number of aromatic nitrogens is 2. The van der Waals surface area contributed by atoms with Crippen LogP contribution in [0.4, 0.5) is 0 Å². The van der Waals surface area contributed by atoms with Gasteiger partial charge in [-0.05, 0) is 73.7 Å². The highest BCUT2D eigenvalue weighted by atomic mass is 127. The van der Waals surface area contributed by atoms with E-state index >= 15 is 0 Å². The first-order chi connectivity index (χ1) is 9.97. The molecule has 2 atom stereocenters. The molecule has 0 spiro atoms. The molecule has 0 N–H and O–H groups in total. The van der Waals surface area contributed by atoms with Gasteiger partial charge in [0.25, 0.3) is 0 Å². The Hall–Kier alpha value is -1.01. The number of alkyl halides is 1. The summed E-state index contributed by atoms with van der Waals surface area (Å²) in [5.74, 6) is 2.70. The summed E-state index contributed by atoms with van der Waals surface area (Å²) < 4.78 is 9.12. The first-order valence-corrected chi connectivity index (χ1v) is 8.36. The van der Waals surface area contributed by atoms with E-state index in [1.165, 1.54) is 3.57 Å². The van der Waals surface area contributed by atoms with Gasteiger partial charge < -0.3 is 8.98 Å². The van der Waals surface area contributed by atoms with Gasteiger partial charge in [0, 0.05) is 3.57 Å². The quantitative estimate of drug-likeness (QED) is 0.421. The molecule has 2 heterocycles. The smallest absolute Gasteiger partial charge is 0.128 e. The van der Waals surface area contributed by atoms with Crippen LogP contribution in [0.5, 0.6) is 0 Å². The Morgan fingerprint density at radius 3 is 2.62 bits per heavy atom. The molecule has 5 heteroatoms. The van der Waals surface area contributed by atoms with Gasteiger partial charge in [0.1, 0.15) is 17.3 Å². The molecule has 3 nitrogen and oxygen atoms in total. The minimum atomic E-state index is -0.159. The summed E-state index contributed by atoms with van der Waals surface area (Å²) >= 11 is 8.64. The summed E-state index contributed by atoms with van der Waals surface area (Å²) in [7, 11) is 0. The second-order valence-electron chi connectivity index (χ2n) is 5.21. The number of aryl methyl sites for hydroxylation is 1. The third kappa shape index (κ3) is 2.71. The van der Waals surface area contributed by atoms with Crippen LogP contribution < -0.4 is 0 Å². The molecule has 0 aliphatic rings. The van der Waals surface area contributed by atoms with Crippen LogP contribution in [0.15, 0.2) is 34.7 Å². The van der Waals surface area contributed by atoms with Crippen molar-refractivity contribution in [3.63, 3.8) is 0 Å². The van der Waals surface area contributed by atoms with Gasteiger partial charge in [-0.2, -0.15) is 0 Å². The van der Waals surface area contributed by atoms with Crippen molar-refractivity contribution in [3.05, 3.63) is 51.2 Å². The van der Waals surface area contributed by atoms with E-state index < -0.39 is 0 Å². The lowest BCUT2D eigenvalue weighted by molar-refractivity contribution is 0.427. The van der Waals surface area contributed by atoms with E-state index in [9.17, 15) is 0 Å². The van der Waals surface area contributed by atoms with E-state index in [0.29, 0.717) is 0 Å². The highest BCUT2D eigenvalue weighted by Gasteiger charge is 2.22. The zero-order valence-electron chi connectivity index (χ0n) is 12.1. The van der Waals surface area contributed by atoms with E-state index in [1.807, 2.05) is 26.0 Å². The summed E-state index contributed by atoms with van der Waals surface area (Å²) in [6.45, 7) is 6.01. The fourth-order valence-electron chi connectivity index (χ4n) is 2.58. The van der Waals surface area contributed by atoms with Crippen LogP contribution in [-0.2, 0) is 0 Å². The van der Waals surface area contributed by atoms with Crippen molar-refractivity contribution in [2.75, 3.05) is 0 Å². The SMILES string of the molecule is Cc1ccc(C(C)n2c(C(C)Cl)nc3cc(I)ccc32)o1. The van der Waals surface area contributed by atoms with Gasteiger partial charge in [-0.3, -0.25) is 0 Å². The molecule has 0 saturated heterocycles. The van der Waals surface area contributed by atoms with E-state index in [4.69, 9.17) is 21.0 Å². The molecule has 0 radical (unpaired) electrons. The van der Waals surface area contributed by atoms with Crippen molar-refractivity contribution in [2.24, 2.45) is 0 Å². The normalized spacial score (nSPS) is 14.5. The number of furan rings is 1. The van der Waals surface area contributed by atoms with Gasteiger partial charge in [-0.25, -0.2) is 4.98 Å². The number of rotatable bonds is 3. The molecule has 21 heavy (non-hydrogen) atoms. The molecule has 0 bridgehead atoms. The van der Waals surface area contributed by atoms with Crippen LogP contribution in [0, 0.1) is 10.5 Å². The third-order valence-electron chi connectivity index (χ3n) is 3.59. The van der Waals surface area contributed by atoms with Crippen LogP contribution in [0.3, 0.4) is 0 Å². The third-order valence-corrected chi connectivity index (χ3v) is 4.46. The van der Waals surface area contributed by atoms with Gasteiger partial charge in [0.05, 0.1) is 22.5 Å². The Bertz CT molecular complexity index is 791. The Morgan fingerprint density at radius 2 is 2.00 bits per heavy atom. The molecule has 0 fully saturated rings. The first-order valence-electron chi connectivity index (χ1n) is 6.85. The van der Waals surface area contributed by atoms with Gasteiger partial charge >= 0.3 is 0 Å². The minimum Gasteiger partial charge on any atom is -0.464 e.